The zero-order chi connectivity index (χ0) is 11.4. The first-order valence-electron chi connectivity index (χ1n) is 5.80. The van der Waals surface area contributed by atoms with Crippen molar-refractivity contribution in [2.24, 2.45) is 5.41 Å². The minimum atomic E-state index is -0.0686. The molecule has 2 N–H and O–H groups in total. The molecule has 88 valence electrons. The SMILES string of the molecule is CCc1ccccc1NCC1(CO)COC1. The molecule has 1 fully saturated rings. The second kappa shape index (κ2) is 4.85. The minimum absolute atomic E-state index is 0.0686. The Balaban J connectivity index is 1.98. The predicted octanol–water partition coefficient (Wildman–Crippen LogP) is 1.67. The van der Waals surface area contributed by atoms with Crippen molar-refractivity contribution in [3.8, 4) is 0 Å². The molecule has 1 saturated heterocycles. The second-order valence-electron chi connectivity index (χ2n) is 4.52. The Morgan fingerprint density at radius 3 is 2.69 bits per heavy atom. The van der Waals surface area contributed by atoms with Crippen LogP contribution in [0.4, 0.5) is 5.69 Å². The topological polar surface area (TPSA) is 41.5 Å². The number of benzene rings is 1. The summed E-state index contributed by atoms with van der Waals surface area (Å²) in [4.78, 5) is 0. The van der Waals surface area contributed by atoms with Gasteiger partial charge >= 0.3 is 0 Å². The van der Waals surface area contributed by atoms with Crippen molar-refractivity contribution >= 4 is 5.69 Å². The lowest BCUT2D eigenvalue weighted by Gasteiger charge is -2.40. The molecule has 0 saturated carbocycles. The summed E-state index contributed by atoms with van der Waals surface area (Å²) in [6, 6.07) is 8.30. The van der Waals surface area contributed by atoms with E-state index in [9.17, 15) is 5.11 Å². The maximum atomic E-state index is 9.32. The highest BCUT2D eigenvalue weighted by Crippen LogP contribution is 2.27. The van der Waals surface area contributed by atoms with Gasteiger partial charge in [-0.3, -0.25) is 0 Å². The number of anilines is 1. The van der Waals surface area contributed by atoms with E-state index in [4.69, 9.17) is 4.74 Å². The van der Waals surface area contributed by atoms with Crippen molar-refractivity contribution in [2.45, 2.75) is 13.3 Å². The highest BCUT2D eigenvalue weighted by molar-refractivity contribution is 5.51. The van der Waals surface area contributed by atoms with Gasteiger partial charge in [0.25, 0.3) is 0 Å². The molecule has 0 spiro atoms. The standard InChI is InChI=1S/C13H19NO2/c1-2-11-5-3-4-6-12(11)14-7-13(8-15)9-16-10-13/h3-6,14-15H,2,7-10H2,1H3. The van der Waals surface area contributed by atoms with Crippen LogP contribution in [0.15, 0.2) is 24.3 Å². The normalized spacial score (nSPS) is 17.9. The highest BCUT2D eigenvalue weighted by atomic mass is 16.5. The van der Waals surface area contributed by atoms with Crippen LogP contribution in [0, 0.1) is 5.41 Å². The van der Waals surface area contributed by atoms with Crippen molar-refractivity contribution in [2.75, 3.05) is 31.7 Å². The van der Waals surface area contributed by atoms with Gasteiger partial charge in [-0.05, 0) is 18.1 Å². The Hall–Kier alpha value is -1.06. The molecule has 0 unspecified atom stereocenters. The molecule has 1 aliphatic heterocycles. The summed E-state index contributed by atoms with van der Waals surface area (Å²) < 4.78 is 5.17. The molecule has 0 amide bonds. The van der Waals surface area contributed by atoms with Gasteiger partial charge < -0.3 is 15.2 Å². The number of aliphatic hydroxyl groups excluding tert-OH is 1. The molecule has 0 atom stereocenters. The molecule has 3 nitrogen and oxygen atoms in total. The fraction of sp³-hybridized carbons (Fsp3) is 0.538. The largest absolute Gasteiger partial charge is 0.396 e. The van der Waals surface area contributed by atoms with E-state index in [1.165, 1.54) is 11.3 Å². The zero-order valence-corrected chi connectivity index (χ0v) is 9.70. The van der Waals surface area contributed by atoms with E-state index in [2.05, 4.69) is 30.4 Å². The van der Waals surface area contributed by atoms with Crippen molar-refractivity contribution in [1.82, 2.24) is 0 Å². The molecule has 0 radical (unpaired) electrons. The first kappa shape index (κ1) is 11.4. The Labute approximate surface area is 96.4 Å². The van der Waals surface area contributed by atoms with Gasteiger partial charge in [-0.15, -0.1) is 0 Å². The number of aryl methyl sites for hydroxylation is 1. The van der Waals surface area contributed by atoms with Gasteiger partial charge in [0, 0.05) is 12.2 Å². The third-order valence-electron chi connectivity index (χ3n) is 3.20. The predicted molar refractivity (Wildman–Crippen MR) is 64.6 cm³/mol. The van der Waals surface area contributed by atoms with Crippen LogP contribution in [-0.4, -0.2) is 31.5 Å². The molecule has 2 rings (SSSR count). The fourth-order valence-corrected chi connectivity index (χ4v) is 1.92. The van der Waals surface area contributed by atoms with Crippen LogP contribution >= 0.6 is 0 Å². The molecule has 1 heterocycles. The summed E-state index contributed by atoms with van der Waals surface area (Å²) in [5.74, 6) is 0. The Kier molecular flexibility index (Phi) is 3.46. The van der Waals surface area contributed by atoms with Crippen LogP contribution in [-0.2, 0) is 11.2 Å². The lowest BCUT2D eigenvalue weighted by Crippen LogP contribution is -2.50. The average Bonchev–Trinajstić information content (AvgIpc) is 2.29. The molecular weight excluding hydrogens is 202 g/mol. The Morgan fingerprint density at radius 2 is 2.12 bits per heavy atom. The minimum Gasteiger partial charge on any atom is -0.396 e. The summed E-state index contributed by atoms with van der Waals surface area (Å²) in [5, 5.41) is 12.7. The van der Waals surface area contributed by atoms with E-state index in [-0.39, 0.29) is 12.0 Å². The number of nitrogens with one attached hydrogen (secondary N) is 1. The highest BCUT2D eigenvalue weighted by Gasteiger charge is 2.37. The smallest absolute Gasteiger partial charge is 0.0584 e. The summed E-state index contributed by atoms with van der Waals surface area (Å²) in [7, 11) is 0. The zero-order valence-electron chi connectivity index (χ0n) is 9.70. The summed E-state index contributed by atoms with van der Waals surface area (Å²) >= 11 is 0. The maximum absolute atomic E-state index is 9.32. The van der Waals surface area contributed by atoms with E-state index in [1.807, 2.05) is 6.07 Å². The van der Waals surface area contributed by atoms with Crippen LogP contribution in [0.1, 0.15) is 12.5 Å². The third-order valence-corrected chi connectivity index (χ3v) is 3.20. The summed E-state index contributed by atoms with van der Waals surface area (Å²) in [6.07, 6.45) is 1.02. The molecule has 0 aromatic heterocycles. The van der Waals surface area contributed by atoms with Gasteiger partial charge in [-0.2, -0.15) is 0 Å². The van der Waals surface area contributed by atoms with Crippen molar-refractivity contribution in [1.29, 1.82) is 0 Å². The van der Waals surface area contributed by atoms with Crippen LogP contribution in [0.2, 0.25) is 0 Å². The number of para-hydroxylation sites is 1. The molecule has 3 heteroatoms. The second-order valence-corrected chi connectivity index (χ2v) is 4.52. The summed E-state index contributed by atoms with van der Waals surface area (Å²) in [6.45, 7) is 4.43. The molecular formula is C13H19NO2. The molecule has 1 aromatic rings. The average molecular weight is 221 g/mol. The molecule has 1 aromatic carbocycles. The fourth-order valence-electron chi connectivity index (χ4n) is 1.92. The third kappa shape index (κ3) is 2.20. The quantitative estimate of drug-likeness (QED) is 0.794. The lowest BCUT2D eigenvalue weighted by atomic mass is 9.87. The van der Waals surface area contributed by atoms with Crippen LogP contribution in [0.25, 0.3) is 0 Å². The monoisotopic (exact) mass is 221 g/mol. The van der Waals surface area contributed by atoms with Gasteiger partial charge in [0.1, 0.15) is 0 Å². The van der Waals surface area contributed by atoms with E-state index in [1.54, 1.807) is 0 Å². The lowest BCUT2D eigenvalue weighted by molar-refractivity contribution is -0.128. The molecule has 0 bridgehead atoms. The van der Waals surface area contributed by atoms with Crippen LogP contribution < -0.4 is 5.32 Å². The molecule has 1 aliphatic rings. The number of rotatable bonds is 5. The van der Waals surface area contributed by atoms with Gasteiger partial charge in [-0.25, -0.2) is 0 Å². The Bertz CT molecular complexity index is 342. The Morgan fingerprint density at radius 1 is 1.38 bits per heavy atom. The van der Waals surface area contributed by atoms with Gasteiger partial charge in [0.2, 0.25) is 0 Å². The number of ether oxygens (including phenoxy) is 1. The van der Waals surface area contributed by atoms with E-state index in [0.717, 1.165) is 13.0 Å². The van der Waals surface area contributed by atoms with Crippen LogP contribution in [0.3, 0.4) is 0 Å². The maximum Gasteiger partial charge on any atom is 0.0584 e. The van der Waals surface area contributed by atoms with E-state index in [0.29, 0.717) is 13.2 Å². The number of hydrogen-bond acceptors (Lipinski definition) is 3. The molecule has 16 heavy (non-hydrogen) atoms. The molecule has 0 aliphatic carbocycles. The van der Waals surface area contributed by atoms with Crippen molar-refractivity contribution < 1.29 is 9.84 Å². The van der Waals surface area contributed by atoms with E-state index >= 15 is 0 Å². The van der Waals surface area contributed by atoms with Crippen LogP contribution in [0.5, 0.6) is 0 Å². The number of aliphatic hydroxyl groups is 1. The summed E-state index contributed by atoms with van der Waals surface area (Å²) in [5.41, 5.74) is 2.42. The van der Waals surface area contributed by atoms with Gasteiger partial charge in [0.05, 0.1) is 25.2 Å². The van der Waals surface area contributed by atoms with Gasteiger partial charge in [0.15, 0.2) is 0 Å². The first-order valence-corrected chi connectivity index (χ1v) is 5.80. The van der Waals surface area contributed by atoms with Crippen molar-refractivity contribution in [3.05, 3.63) is 29.8 Å². The van der Waals surface area contributed by atoms with Gasteiger partial charge in [-0.1, -0.05) is 25.1 Å². The van der Waals surface area contributed by atoms with Crippen molar-refractivity contribution in [3.63, 3.8) is 0 Å². The number of hydrogen-bond donors (Lipinski definition) is 2. The van der Waals surface area contributed by atoms with E-state index < -0.39 is 0 Å². The first-order chi connectivity index (χ1) is 7.79.